The van der Waals surface area contributed by atoms with E-state index in [2.05, 4.69) is 154 Å². The summed E-state index contributed by atoms with van der Waals surface area (Å²) in [5, 5.41) is 20.2. The van der Waals surface area contributed by atoms with Crippen molar-refractivity contribution in [3.63, 3.8) is 0 Å². The van der Waals surface area contributed by atoms with E-state index >= 15 is 0 Å². The van der Waals surface area contributed by atoms with Crippen LogP contribution in [0.4, 0.5) is 0 Å². The van der Waals surface area contributed by atoms with Crippen LogP contribution in [-0.4, -0.2) is 22.4 Å². The topological polar surface area (TPSA) is 40.5 Å². The molecule has 0 aromatic carbocycles. The molecule has 0 aliphatic heterocycles. The molecule has 0 saturated carbocycles. The molecule has 0 saturated heterocycles. The van der Waals surface area contributed by atoms with Crippen molar-refractivity contribution >= 4 is 0 Å². The Labute approximate surface area is 257 Å². The first-order valence-corrected chi connectivity index (χ1v) is 15.4. The van der Waals surface area contributed by atoms with Gasteiger partial charge in [-0.2, -0.15) is 0 Å². The van der Waals surface area contributed by atoms with Crippen molar-refractivity contribution in [3.8, 4) is 0 Å². The average molecular weight is 569 g/mol. The van der Waals surface area contributed by atoms with Gasteiger partial charge in [-0.05, 0) is 77.2 Å². The summed E-state index contributed by atoms with van der Waals surface area (Å²) < 4.78 is 0. The second-order valence-electron chi connectivity index (χ2n) is 13.7. The van der Waals surface area contributed by atoms with Crippen molar-refractivity contribution in [2.24, 2.45) is 16.7 Å². The van der Waals surface area contributed by atoms with E-state index in [0.29, 0.717) is 5.92 Å². The average Bonchev–Trinajstić information content (AvgIpc) is 2.84. The summed E-state index contributed by atoms with van der Waals surface area (Å²) in [5.74, 6) is 0.348. The Balaban J connectivity index is 1.90. The fraction of sp³-hybridized carbons (Fsp3) is 0.450. The van der Waals surface area contributed by atoms with Crippen LogP contribution in [0.5, 0.6) is 0 Å². The third-order valence-corrected chi connectivity index (χ3v) is 8.33. The fourth-order valence-electron chi connectivity index (χ4n) is 6.14. The maximum Gasteiger partial charge on any atom is 0.0729 e. The van der Waals surface area contributed by atoms with Gasteiger partial charge in [-0.3, -0.25) is 0 Å². The molecular formula is C40H56O2. The Morgan fingerprint density at radius 2 is 1.21 bits per heavy atom. The third kappa shape index (κ3) is 11.7. The van der Waals surface area contributed by atoms with Gasteiger partial charge in [-0.15, -0.1) is 0 Å². The maximum absolute atomic E-state index is 10.1. The predicted octanol–water partition coefficient (Wildman–Crippen LogP) is 10.4. The van der Waals surface area contributed by atoms with Gasteiger partial charge in [0.1, 0.15) is 0 Å². The Bertz CT molecular complexity index is 1270. The van der Waals surface area contributed by atoms with Crippen LogP contribution in [0.25, 0.3) is 0 Å². The minimum Gasteiger partial charge on any atom is -0.393 e. The van der Waals surface area contributed by atoms with Crippen molar-refractivity contribution in [1.29, 1.82) is 0 Å². The second-order valence-corrected chi connectivity index (χ2v) is 13.7. The molecule has 2 rings (SSSR count). The number of allylic oxidation sites excluding steroid dienone is 20. The standard InChI is InChI=1S/C40H56O2/c1-29(17-13-19-31(3)21-23-37-33(5)25-35(41)27-39(37,7)8)15-11-12-16-30(2)18-14-20-32(4)22-24-38-34(6)26-36(42)28-40(38,9)10/h11-25,35-37,41-42H,26-28H2,1-10H3/b12-11+,17-13+,18-14+,23-21+,24-22+,29-15+,30-16+,31-19+,32-20-. The maximum atomic E-state index is 10.1. The summed E-state index contributed by atoms with van der Waals surface area (Å²) in [6.45, 7) is 21.6. The van der Waals surface area contributed by atoms with E-state index in [1.54, 1.807) is 0 Å². The number of aliphatic hydroxyl groups excluding tert-OH is 2. The molecule has 0 spiro atoms. The lowest BCUT2D eigenvalue weighted by atomic mass is 9.67. The number of hydrogen-bond donors (Lipinski definition) is 2. The van der Waals surface area contributed by atoms with Crippen LogP contribution in [0.1, 0.15) is 88.5 Å². The molecule has 0 bridgehead atoms. The van der Waals surface area contributed by atoms with E-state index in [4.69, 9.17) is 0 Å². The molecule has 0 heterocycles. The molecule has 0 aromatic heterocycles. The molecule has 0 amide bonds. The molecule has 0 radical (unpaired) electrons. The van der Waals surface area contributed by atoms with E-state index in [-0.39, 0.29) is 23.0 Å². The molecule has 0 aromatic rings. The highest BCUT2D eigenvalue weighted by molar-refractivity contribution is 5.38. The van der Waals surface area contributed by atoms with Gasteiger partial charge >= 0.3 is 0 Å². The van der Waals surface area contributed by atoms with Gasteiger partial charge < -0.3 is 10.2 Å². The zero-order valence-electron chi connectivity index (χ0n) is 27.9. The highest BCUT2D eigenvalue weighted by Crippen LogP contribution is 2.42. The number of rotatable bonds is 10. The molecule has 2 heteroatoms. The zero-order chi connectivity index (χ0) is 31.5. The summed E-state index contributed by atoms with van der Waals surface area (Å²) in [5.41, 5.74) is 8.73. The van der Waals surface area contributed by atoms with Gasteiger partial charge in [-0.25, -0.2) is 0 Å². The monoisotopic (exact) mass is 568 g/mol. The lowest BCUT2D eigenvalue weighted by Crippen LogP contribution is -2.32. The molecule has 2 N–H and O–H groups in total. The quantitative estimate of drug-likeness (QED) is 0.203. The van der Waals surface area contributed by atoms with Crippen LogP contribution in [0, 0.1) is 16.7 Å². The van der Waals surface area contributed by atoms with E-state index in [9.17, 15) is 10.2 Å². The first-order valence-electron chi connectivity index (χ1n) is 15.4. The lowest BCUT2D eigenvalue weighted by Gasteiger charge is -2.38. The van der Waals surface area contributed by atoms with E-state index in [1.165, 1.54) is 39.0 Å². The highest BCUT2D eigenvalue weighted by atomic mass is 16.3. The summed E-state index contributed by atoms with van der Waals surface area (Å²) in [7, 11) is 0. The van der Waals surface area contributed by atoms with Gasteiger partial charge in [0, 0.05) is 5.92 Å². The van der Waals surface area contributed by atoms with Gasteiger partial charge in [0.05, 0.1) is 12.2 Å². The van der Waals surface area contributed by atoms with E-state index in [1.807, 2.05) is 6.08 Å². The first kappa shape index (κ1) is 35.3. The Morgan fingerprint density at radius 3 is 1.74 bits per heavy atom. The van der Waals surface area contributed by atoms with Crippen LogP contribution >= 0.6 is 0 Å². The van der Waals surface area contributed by atoms with Crippen molar-refractivity contribution in [2.45, 2.75) is 101 Å². The fourth-order valence-corrected chi connectivity index (χ4v) is 6.14. The molecule has 42 heavy (non-hydrogen) atoms. The molecule has 2 aliphatic rings. The Hall–Kier alpha value is -2.94. The molecule has 3 unspecified atom stereocenters. The SMILES string of the molecule is CC1=CC(O)CC(C)(C)C1/C=C/C(C)=C/C=C/C(C)=C/C=C/C=C(C)/C=C/C=C(C)\C=C\C1=C(C)CC(O)CC1(C)C. The Morgan fingerprint density at radius 1 is 0.714 bits per heavy atom. The van der Waals surface area contributed by atoms with Crippen molar-refractivity contribution in [2.75, 3.05) is 0 Å². The van der Waals surface area contributed by atoms with Crippen LogP contribution in [0.2, 0.25) is 0 Å². The predicted molar refractivity (Wildman–Crippen MR) is 184 cm³/mol. The van der Waals surface area contributed by atoms with Gasteiger partial charge in [0.2, 0.25) is 0 Å². The summed E-state index contributed by atoms with van der Waals surface area (Å²) in [6, 6.07) is 0. The first-order chi connectivity index (χ1) is 19.6. The van der Waals surface area contributed by atoms with Gasteiger partial charge in [-0.1, -0.05) is 152 Å². The molecule has 228 valence electrons. The normalized spacial score (nSPS) is 26.6. The largest absolute Gasteiger partial charge is 0.393 e. The van der Waals surface area contributed by atoms with Gasteiger partial charge in [0.15, 0.2) is 0 Å². The van der Waals surface area contributed by atoms with Crippen LogP contribution in [-0.2, 0) is 0 Å². The summed E-state index contributed by atoms with van der Waals surface area (Å²) >= 11 is 0. The second kappa shape index (κ2) is 16.1. The Kier molecular flexibility index (Phi) is 13.5. The molecule has 0 fully saturated rings. The molecular weight excluding hydrogens is 512 g/mol. The smallest absolute Gasteiger partial charge is 0.0729 e. The molecule has 3 atom stereocenters. The lowest BCUT2D eigenvalue weighted by molar-refractivity contribution is 0.116. The summed E-state index contributed by atoms with van der Waals surface area (Å²) in [4.78, 5) is 0. The minimum absolute atomic E-state index is 0.00528. The molecule has 2 nitrogen and oxygen atoms in total. The minimum atomic E-state index is -0.331. The van der Waals surface area contributed by atoms with E-state index < -0.39 is 0 Å². The van der Waals surface area contributed by atoms with Crippen LogP contribution in [0.15, 0.2) is 130 Å². The summed E-state index contributed by atoms with van der Waals surface area (Å²) in [6.07, 6.45) is 33.8. The number of aliphatic hydroxyl groups is 2. The van der Waals surface area contributed by atoms with Crippen molar-refractivity contribution in [3.05, 3.63) is 130 Å². The highest BCUT2D eigenvalue weighted by Gasteiger charge is 2.34. The molecule has 2 aliphatic carbocycles. The third-order valence-electron chi connectivity index (χ3n) is 8.33. The zero-order valence-corrected chi connectivity index (χ0v) is 27.9. The van der Waals surface area contributed by atoms with Gasteiger partial charge in [0.25, 0.3) is 0 Å². The van der Waals surface area contributed by atoms with Crippen molar-refractivity contribution in [1.82, 2.24) is 0 Å². The van der Waals surface area contributed by atoms with E-state index in [0.717, 1.165) is 19.3 Å². The van der Waals surface area contributed by atoms with Crippen LogP contribution < -0.4 is 0 Å². The van der Waals surface area contributed by atoms with Crippen LogP contribution in [0.3, 0.4) is 0 Å². The van der Waals surface area contributed by atoms with Crippen molar-refractivity contribution < 1.29 is 10.2 Å². The number of hydrogen-bond acceptors (Lipinski definition) is 2.